The fourth-order valence-corrected chi connectivity index (χ4v) is 7.22. The minimum atomic E-state index is -3.56. The molecule has 30 heavy (non-hydrogen) atoms. The fourth-order valence-electron chi connectivity index (χ4n) is 4.29. The van der Waals surface area contributed by atoms with Crippen LogP contribution in [0.5, 0.6) is 0 Å². The van der Waals surface area contributed by atoms with E-state index in [-0.39, 0.29) is 16.8 Å². The minimum absolute atomic E-state index is 0.0130. The van der Waals surface area contributed by atoms with Crippen molar-refractivity contribution in [3.05, 3.63) is 45.8 Å². The zero-order chi connectivity index (χ0) is 21.3. The molecule has 2 aromatic rings. The maximum atomic E-state index is 13.0. The summed E-state index contributed by atoms with van der Waals surface area (Å²) in [5.41, 5.74) is 2.01. The van der Waals surface area contributed by atoms with E-state index in [4.69, 9.17) is 0 Å². The van der Waals surface area contributed by atoms with Crippen molar-refractivity contribution in [3.63, 3.8) is 0 Å². The van der Waals surface area contributed by atoms with Crippen LogP contribution in [0.1, 0.15) is 65.4 Å². The van der Waals surface area contributed by atoms with Gasteiger partial charge in [0.25, 0.3) is 5.91 Å². The molecule has 0 saturated carbocycles. The van der Waals surface area contributed by atoms with E-state index in [9.17, 15) is 18.5 Å². The molecule has 8 heteroatoms. The highest BCUT2D eigenvalue weighted by atomic mass is 32.2. The van der Waals surface area contributed by atoms with Gasteiger partial charge < -0.3 is 5.32 Å². The van der Waals surface area contributed by atoms with Crippen molar-refractivity contribution in [2.75, 3.05) is 11.9 Å². The van der Waals surface area contributed by atoms with E-state index in [0.717, 1.165) is 50.5 Å². The highest BCUT2D eigenvalue weighted by Crippen LogP contribution is 2.37. The van der Waals surface area contributed by atoms with E-state index in [1.807, 2.05) is 6.92 Å². The van der Waals surface area contributed by atoms with Crippen LogP contribution < -0.4 is 5.32 Å². The van der Waals surface area contributed by atoms with Crippen molar-refractivity contribution in [1.82, 2.24) is 4.31 Å². The van der Waals surface area contributed by atoms with Gasteiger partial charge in [0.2, 0.25) is 10.0 Å². The second-order valence-corrected chi connectivity index (χ2v) is 11.0. The summed E-state index contributed by atoms with van der Waals surface area (Å²) in [5, 5.41) is 13.0. The first-order valence-electron chi connectivity index (χ1n) is 10.4. The number of piperidine rings is 1. The highest BCUT2D eigenvalue weighted by Gasteiger charge is 2.31. The second-order valence-electron chi connectivity index (χ2n) is 7.97. The number of hydrogen-bond donors (Lipinski definition) is 1. The Morgan fingerprint density at radius 2 is 1.90 bits per heavy atom. The van der Waals surface area contributed by atoms with Crippen molar-refractivity contribution < 1.29 is 13.2 Å². The molecule has 1 aromatic heterocycles. The van der Waals surface area contributed by atoms with Crippen LogP contribution in [0.4, 0.5) is 5.00 Å². The van der Waals surface area contributed by atoms with Gasteiger partial charge in [-0.2, -0.15) is 9.57 Å². The number of anilines is 1. The molecule has 4 rings (SSSR count). The molecule has 1 aliphatic carbocycles. The molecule has 0 bridgehead atoms. The number of nitrogens with one attached hydrogen (secondary N) is 1. The first-order chi connectivity index (χ1) is 14.4. The Balaban J connectivity index is 1.53. The molecule has 1 N–H and O–H groups in total. The highest BCUT2D eigenvalue weighted by molar-refractivity contribution is 7.89. The molecule has 1 aromatic carbocycles. The lowest BCUT2D eigenvalue weighted by molar-refractivity contribution is 0.102. The van der Waals surface area contributed by atoms with Crippen molar-refractivity contribution in [2.24, 2.45) is 0 Å². The van der Waals surface area contributed by atoms with Gasteiger partial charge in [0.05, 0.1) is 10.5 Å². The monoisotopic (exact) mass is 443 g/mol. The quantitative estimate of drug-likeness (QED) is 0.762. The Morgan fingerprint density at radius 1 is 1.17 bits per heavy atom. The zero-order valence-electron chi connectivity index (χ0n) is 17.0. The molecule has 1 amide bonds. The molecule has 1 fully saturated rings. The van der Waals surface area contributed by atoms with Gasteiger partial charge in [-0.25, -0.2) is 8.42 Å². The molecular formula is C22H25N3O3S2. The van der Waals surface area contributed by atoms with Gasteiger partial charge in [-0.1, -0.05) is 6.42 Å². The predicted octanol–water partition coefficient (Wildman–Crippen LogP) is 4.31. The Hall–Kier alpha value is -2.21. The number of aryl methyl sites for hydroxylation is 1. The Morgan fingerprint density at radius 3 is 2.60 bits per heavy atom. The molecule has 0 unspecified atom stereocenters. The number of benzene rings is 1. The van der Waals surface area contributed by atoms with Gasteiger partial charge in [-0.15, -0.1) is 11.3 Å². The van der Waals surface area contributed by atoms with Crippen LogP contribution in [0.3, 0.4) is 0 Å². The largest absolute Gasteiger partial charge is 0.312 e. The molecule has 158 valence electrons. The molecule has 1 saturated heterocycles. The number of nitrogens with zero attached hydrogens (tertiary/aromatic N) is 2. The fraction of sp³-hybridized carbons (Fsp3) is 0.455. The summed E-state index contributed by atoms with van der Waals surface area (Å²) in [4.78, 5) is 14.1. The van der Waals surface area contributed by atoms with E-state index >= 15 is 0 Å². The van der Waals surface area contributed by atoms with Crippen LogP contribution in [0.2, 0.25) is 0 Å². The summed E-state index contributed by atoms with van der Waals surface area (Å²) in [6.45, 7) is 2.47. The van der Waals surface area contributed by atoms with Gasteiger partial charge >= 0.3 is 0 Å². The van der Waals surface area contributed by atoms with Crippen molar-refractivity contribution in [1.29, 1.82) is 5.26 Å². The molecule has 0 radical (unpaired) electrons. The maximum Gasteiger partial charge on any atom is 0.256 e. The molecule has 1 atom stereocenters. The first kappa shape index (κ1) is 21.0. The first-order valence-corrected chi connectivity index (χ1v) is 12.7. The maximum absolute atomic E-state index is 13.0. The molecular weight excluding hydrogens is 418 g/mol. The van der Waals surface area contributed by atoms with Crippen LogP contribution in [0.15, 0.2) is 29.2 Å². The normalized spacial score (nSPS) is 19.7. The number of sulfonamides is 1. The topological polar surface area (TPSA) is 90.3 Å². The predicted molar refractivity (Wildman–Crippen MR) is 117 cm³/mol. The summed E-state index contributed by atoms with van der Waals surface area (Å²) in [6.07, 6.45) is 6.79. The van der Waals surface area contributed by atoms with E-state index in [1.165, 1.54) is 40.5 Å². The lowest BCUT2D eigenvalue weighted by atomic mass is 9.96. The number of amides is 1. The minimum Gasteiger partial charge on any atom is -0.312 e. The Labute approximate surface area is 181 Å². The molecule has 1 aliphatic heterocycles. The van der Waals surface area contributed by atoms with Crippen LogP contribution in [-0.4, -0.2) is 31.2 Å². The van der Waals surface area contributed by atoms with Crippen molar-refractivity contribution in [2.45, 2.75) is 62.8 Å². The smallest absolute Gasteiger partial charge is 0.256 e. The third-order valence-corrected chi connectivity index (χ3v) is 9.21. The van der Waals surface area contributed by atoms with E-state index in [2.05, 4.69) is 11.4 Å². The van der Waals surface area contributed by atoms with E-state index < -0.39 is 10.0 Å². The number of fused-ring (bicyclic) bond motifs is 1. The zero-order valence-corrected chi connectivity index (χ0v) is 18.6. The van der Waals surface area contributed by atoms with Crippen molar-refractivity contribution in [3.8, 4) is 6.07 Å². The van der Waals surface area contributed by atoms with Gasteiger partial charge in [-0.3, -0.25) is 4.79 Å². The van der Waals surface area contributed by atoms with Gasteiger partial charge in [0.1, 0.15) is 11.1 Å². The number of nitriles is 1. The van der Waals surface area contributed by atoms with Crippen LogP contribution in [-0.2, 0) is 22.9 Å². The Kier molecular flexibility index (Phi) is 5.96. The number of carbonyl (C=O) groups is 1. The standard InChI is InChI=1S/C22H25N3O3S2/c1-15-6-4-5-13-25(15)30(27,28)17-11-9-16(10-12-17)21(26)24-22-19(14-23)18-7-2-3-8-20(18)29-22/h9-12,15H,2-8,13H2,1H3,(H,24,26)/t15-/m0/s1. The number of thiophene rings is 1. The lowest BCUT2D eigenvalue weighted by Crippen LogP contribution is -2.41. The average molecular weight is 444 g/mol. The number of hydrogen-bond acceptors (Lipinski definition) is 5. The Bertz CT molecular complexity index is 1100. The second kappa shape index (κ2) is 8.50. The third kappa shape index (κ3) is 3.89. The van der Waals surface area contributed by atoms with Crippen LogP contribution in [0, 0.1) is 11.3 Å². The molecule has 2 heterocycles. The number of carbonyl (C=O) groups excluding carboxylic acids is 1. The lowest BCUT2D eigenvalue weighted by Gasteiger charge is -2.32. The third-order valence-electron chi connectivity index (χ3n) is 5.98. The van der Waals surface area contributed by atoms with Crippen LogP contribution >= 0.6 is 11.3 Å². The summed E-state index contributed by atoms with van der Waals surface area (Å²) >= 11 is 1.48. The summed E-state index contributed by atoms with van der Waals surface area (Å²) in [5.74, 6) is -0.333. The van der Waals surface area contributed by atoms with Gasteiger partial charge in [0, 0.05) is 23.0 Å². The van der Waals surface area contributed by atoms with Crippen LogP contribution in [0.25, 0.3) is 0 Å². The molecule has 0 spiro atoms. The van der Waals surface area contributed by atoms with Crippen molar-refractivity contribution >= 4 is 32.3 Å². The van der Waals surface area contributed by atoms with Gasteiger partial charge in [0.15, 0.2) is 0 Å². The van der Waals surface area contributed by atoms with Gasteiger partial charge in [-0.05, 0) is 75.3 Å². The molecule has 2 aliphatic rings. The summed E-state index contributed by atoms with van der Waals surface area (Å²) in [6, 6.07) is 8.30. The summed E-state index contributed by atoms with van der Waals surface area (Å²) in [7, 11) is -3.56. The average Bonchev–Trinajstić information content (AvgIpc) is 3.10. The van der Waals surface area contributed by atoms with E-state index in [1.54, 1.807) is 4.31 Å². The number of rotatable bonds is 4. The van der Waals surface area contributed by atoms with E-state index in [0.29, 0.717) is 22.7 Å². The molecule has 6 nitrogen and oxygen atoms in total. The summed E-state index contributed by atoms with van der Waals surface area (Å²) < 4.78 is 27.5. The SMILES string of the molecule is C[C@H]1CCCCN1S(=O)(=O)c1ccc(C(=O)Nc2sc3c(c2C#N)CCCC3)cc1.